The largest absolute Gasteiger partial charge is 0.377 e. The van der Waals surface area contributed by atoms with Gasteiger partial charge in [0, 0.05) is 22.5 Å². The highest BCUT2D eigenvalue weighted by molar-refractivity contribution is 6.14. The third-order valence-electron chi connectivity index (χ3n) is 2.64. The summed E-state index contributed by atoms with van der Waals surface area (Å²) in [4.78, 5) is 22.8. The van der Waals surface area contributed by atoms with Gasteiger partial charge in [-0.25, -0.2) is 0 Å². The van der Waals surface area contributed by atoms with Gasteiger partial charge in [-0.05, 0) is 12.1 Å². The van der Waals surface area contributed by atoms with Crippen molar-refractivity contribution in [1.29, 1.82) is 0 Å². The predicted molar refractivity (Wildman–Crippen MR) is 52.1 cm³/mol. The fraction of sp³-hybridized carbons (Fsp3) is 0.200. The van der Waals surface area contributed by atoms with Gasteiger partial charge in [-0.3, -0.25) is 9.59 Å². The Labute approximate surface area is 80.3 Å². The summed E-state index contributed by atoms with van der Waals surface area (Å²) in [6, 6.07) is 3.52. The van der Waals surface area contributed by atoms with E-state index in [4.69, 9.17) is 0 Å². The summed E-state index contributed by atoms with van der Waals surface area (Å²) < 4.78 is 0. The number of carbonyl (C=O) groups is 2. The van der Waals surface area contributed by atoms with Crippen LogP contribution in [0.2, 0.25) is 0 Å². The molecule has 70 valence electrons. The maximum absolute atomic E-state index is 11.4. The number of hydrogen-bond acceptors (Lipinski definition) is 4. The first kappa shape index (κ1) is 7.55. The van der Waals surface area contributed by atoms with Crippen LogP contribution < -0.4 is 10.6 Å². The van der Waals surface area contributed by atoms with Crippen LogP contribution in [0, 0.1) is 0 Å². The lowest BCUT2D eigenvalue weighted by molar-refractivity contribution is 0.101. The summed E-state index contributed by atoms with van der Waals surface area (Å²) in [6.07, 6.45) is 0. The Morgan fingerprint density at radius 1 is 0.857 bits per heavy atom. The molecule has 2 aliphatic rings. The lowest BCUT2D eigenvalue weighted by Crippen LogP contribution is -2.02. The number of ketones is 2. The van der Waals surface area contributed by atoms with Crippen molar-refractivity contribution >= 4 is 22.9 Å². The summed E-state index contributed by atoms with van der Waals surface area (Å²) in [6.45, 7) is 0.679. The average Bonchev–Trinajstić information content (AvgIpc) is 2.71. The van der Waals surface area contributed by atoms with E-state index in [1.807, 2.05) is 6.07 Å². The molecule has 0 saturated heterocycles. The molecule has 0 aliphatic carbocycles. The average molecular weight is 188 g/mol. The Balaban J connectivity index is 2.25. The van der Waals surface area contributed by atoms with Crippen LogP contribution in [0.25, 0.3) is 0 Å². The summed E-state index contributed by atoms with van der Waals surface area (Å²) in [5.74, 6) is 0.116. The summed E-state index contributed by atoms with van der Waals surface area (Å²) in [5.41, 5.74) is 2.94. The Kier molecular flexibility index (Phi) is 1.27. The van der Waals surface area contributed by atoms with Gasteiger partial charge < -0.3 is 10.6 Å². The van der Waals surface area contributed by atoms with E-state index in [1.165, 1.54) is 0 Å². The number of fused-ring (bicyclic) bond motifs is 2. The second kappa shape index (κ2) is 2.35. The standard InChI is InChI=1S/C10H8N2O2/c13-9-3-11-7-2-8-6(1-5(7)9)10(14)4-12-8/h1-2,11-12H,3-4H2. The van der Waals surface area contributed by atoms with E-state index in [2.05, 4.69) is 10.6 Å². The van der Waals surface area contributed by atoms with Crippen LogP contribution >= 0.6 is 0 Å². The van der Waals surface area contributed by atoms with Crippen molar-refractivity contribution in [2.24, 2.45) is 0 Å². The van der Waals surface area contributed by atoms with E-state index in [-0.39, 0.29) is 11.6 Å². The van der Waals surface area contributed by atoms with Gasteiger partial charge in [0.05, 0.1) is 13.1 Å². The molecule has 4 nitrogen and oxygen atoms in total. The highest BCUT2D eigenvalue weighted by Gasteiger charge is 2.26. The molecular formula is C10H8N2O2. The van der Waals surface area contributed by atoms with Crippen molar-refractivity contribution in [2.75, 3.05) is 23.7 Å². The SMILES string of the molecule is O=C1CNc2cc3c(cc21)C(=O)CN3. The number of rotatable bonds is 0. The molecule has 2 heterocycles. The first-order valence-electron chi connectivity index (χ1n) is 4.48. The smallest absolute Gasteiger partial charge is 0.183 e. The van der Waals surface area contributed by atoms with Gasteiger partial charge in [0.1, 0.15) is 0 Å². The van der Waals surface area contributed by atoms with E-state index in [0.717, 1.165) is 11.4 Å². The summed E-state index contributed by atoms with van der Waals surface area (Å²) in [5, 5.41) is 5.99. The fourth-order valence-corrected chi connectivity index (χ4v) is 1.90. The molecule has 0 bridgehead atoms. The molecule has 0 unspecified atom stereocenters. The maximum atomic E-state index is 11.4. The van der Waals surface area contributed by atoms with Crippen LogP contribution in [0.5, 0.6) is 0 Å². The molecule has 4 heteroatoms. The molecule has 0 atom stereocenters. The van der Waals surface area contributed by atoms with Crippen LogP contribution in [0.3, 0.4) is 0 Å². The minimum atomic E-state index is 0.0579. The molecule has 3 rings (SSSR count). The zero-order chi connectivity index (χ0) is 9.71. The highest BCUT2D eigenvalue weighted by atomic mass is 16.1. The summed E-state index contributed by atoms with van der Waals surface area (Å²) in [7, 11) is 0. The lowest BCUT2D eigenvalue weighted by atomic mass is 10.1. The van der Waals surface area contributed by atoms with Gasteiger partial charge in [0.15, 0.2) is 11.6 Å². The third-order valence-corrected chi connectivity index (χ3v) is 2.64. The van der Waals surface area contributed by atoms with E-state index >= 15 is 0 Å². The molecule has 0 fully saturated rings. The zero-order valence-electron chi connectivity index (χ0n) is 7.39. The molecule has 0 amide bonds. The van der Waals surface area contributed by atoms with Crippen molar-refractivity contribution < 1.29 is 9.59 Å². The first-order chi connectivity index (χ1) is 6.75. The number of Topliss-reactive ketones (excluding diaryl/α,β-unsaturated/α-hetero) is 2. The van der Waals surface area contributed by atoms with Crippen LogP contribution in [0.4, 0.5) is 11.4 Å². The van der Waals surface area contributed by atoms with Gasteiger partial charge in [-0.2, -0.15) is 0 Å². The Bertz CT molecular complexity index is 426. The number of anilines is 2. The molecule has 14 heavy (non-hydrogen) atoms. The second-order valence-corrected chi connectivity index (χ2v) is 3.50. The van der Waals surface area contributed by atoms with Crippen LogP contribution in [-0.4, -0.2) is 24.7 Å². The van der Waals surface area contributed by atoms with Gasteiger partial charge in [0.25, 0.3) is 0 Å². The van der Waals surface area contributed by atoms with Crippen molar-refractivity contribution in [3.63, 3.8) is 0 Å². The minimum absolute atomic E-state index is 0.0579. The predicted octanol–water partition coefficient (Wildman–Crippen LogP) is 0.903. The van der Waals surface area contributed by atoms with Crippen molar-refractivity contribution in [2.45, 2.75) is 0 Å². The molecule has 0 saturated carbocycles. The lowest BCUT2D eigenvalue weighted by Gasteiger charge is -2.02. The van der Waals surface area contributed by atoms with E-state index in [9.17, 15) is 9.59 Å². The first-order valence-corrected chi connectivity index (χ1v) is 4.48. The molecule has 2 aliphatic heterocycles. The van der Waals surface area contributed by atoms with Crippen LogP contribution in [-0.2, 0) is 0 Å². The van der Waals surface area contributed by atoms with E-state index < -0.39 is 0 Å². The summed E-state index contributed by atoms with van der Waals surface area (Å²) >= 11 is 0. The monoisotopic (exact) mass is 188 g/mol. The molecule has 0 spiro atoms. The maximum Gasteiger partial charge on any atom is 0.183 e. The van der Waals surface area contributed by atoms with Gasteiger partial charge in [-0.15, -0.1) is 0 Å². The fourth-order valence-electron chi connectivity index (χ4n) is 1.90. The van der Waals surface area contributed by atoms with Gasteiger partial charge in [-0.1, -0.05) is 0 Å². The Morgan fingerprint density at radius 2 is 1.36 bits per heavy atom. The van der Waals surface area contributed by atoms with Crippen molar-refractivity contribution in [3.8, 4) is 0 Å². The molecule has 0 aromatic heterocycles. The zero-order valence-corrected chi connectivity index (χ0v) is 7.39. The van der Waals surface area contributed by atoms with Gasteiger partial charge in [0.2, 0.25) is 0 Å². The highest BCUT2D eigenvalue weighted by Crippen LogP contribution is 2.32. The number of carbonyl (C=O) groups excluding carboxylic acids is 2. The van der Waals surface area contributed by atoms with Gasteiger partial charge >= 0.3 is 0 Å². The molecule has 1 aromatic rings. The molecular weight excluding hydrogens is 180 g/mol. The second-order valence-electron chi connectivity index (χ2n) is 3.50. The van der Waals surface area contributed by atoms with E-state index in [0.29, 0.717) is 24.2 Å². The van der Waals surface area contributed by atoms with Crippen molar-refractivity contribution in [1.82, 2.24) is 0 Å². The molecule has 2 N–H and O–H groups in total. The number of hydrogen-bond donors (Lipinski definition) is 2. The normalized spacial score (nSPS) is 17.4. The third kappa shape index (κ3) is 0.824. The Morgan fingerprint density at radius 3 is 1.86 bits per heavy atom. The quantitative estimate of drug-likeness (QED) is 0.635. The number of nitrogens with one attached hydrogen (secondary N) is 2. The van der Waals surface area contributed by atoms with Crippen LogP contribution in [0.1, 0.15) is 20.7 Å². The topological polar surface area (TPSA) is 58.2 Å². The minimum Gasteiger partial charge on any atom is -0.377 e. The molecule has 1 aromatic carbocycles. The number of benzene rings is 1. The molecule has 0 radical (unpaired) electrons. The van der Waals surface area contributed by atoms with Crippen molar-refractivity contribution in [3.05, 3.63) is 23.3 Å². The van der Waals surface area contributed by atoms with Crippen LogP contribution in [0.15, 0.2) is 12.1 Å². The Hall–Kier alpha value is -1.84. The van der Waals surface area contributed by atoms with E-state index in [1.54, 1.807) is 6.07 Å².